The lowest BCUT2D eigenvalue weighted by Gasteiger charge is -2.12. The van der Waals surface area contributed by atoms with Crippen LogP contribution in [0.15, 0.2) is 0 Å². The molecule has 0 saturated heterocycles. The maximum absolute atomic E-state index is 11.2. The fourth-order valence-corrected chi connectivity index (χ4v) is 1.11. The van der Waals surface area contributed by atoms with E-state index in [1.54, 1.807) is 0 Å². The Morgan fingerprint density at radius 3 is 2.58 bits per heavy atom. The zero-order valence-corrected chi connectivity index (χ0v) is 8.01. The van der Waals surface area contributed by atoms with Crippen LogP contribution in [-0.4, -0.2) is 19.1 Å². The highest BCUT2D eigenvalue weighted by molar-refractivity contribution is 5.72. The van der Waals surface area contributed by atoms with E-state index in [1.165, 1.54) is 0 Å². The van der Waals surface area contributed by atoms with E-state index in [-0.39, 0.29) is 11.9 Å². The quantitative estimate of drug-likeness (QED) is 0.616. The number of carbonyl (C=O) groups is 1. The lowest BCUT2D eigenvalue weighted by Crippen LogP contribution is -2.20. The molecule has 0 amide bonds. The number of ether oxygens (including phenoxy) is 1. The summed E-state index contributed by atoms with van der Waals surface area (Å²) in [5.74, 6) is -0.0219. The molecule has 0 bridgehead atoms. The first-order valence-corrected chi connectivity index (χ1v) is 4.62. The molecule has 3 nitrogen and oxygen atoms in total. The number of hydrogen-bond donors (Lipinski definition) is 1. The molecule has 0 spiro atoms. The third-order valence-electron chi connectivity index (χ3n) is 1.83. The van der Waals surface area contributed by atoms with Gasteiger partial charge in [-0.15, -0.1) is 0 Å². The van der Waals surface area contributed by atoms with Crippen molar-refractivity contribution in [1.29, 1.82) is 0 Å². The van der Waals surface area contributed by atoms with Gasteiger partial charge < -0.3 is 10.5 Å². The largest absolute Gasteiger partial charge is 0.464 e. The summed E-state index contributed by atoms with van der Waals surface area (Å²) in [4.78, 5) is 11.2. The predicted octanol–water partition coefficient (Wildman–Crippen LogP) is 1.31. The van der Waals surface area contributed by atoms with Crippen LogP contribution in [-0.2, 0) is 9.53 Å². The molecule has 1 unspecified atom stereocenters. The molecule has 0 aromatic carbocycles. The van der Waals surface area contributed by atoms with Crippen molar-refractivity contribution in [3.05, 3.63) is 0 Å². The van der Waals surface area contributed by atoms with Crippen molar-refractivity contribution in [3.8, 4) is 0 Å². The van der Waals surface area contributed by atoms with E-state index >= 15 is 0 Å². The van der Waals surface area contributed by atoms with Crippen molar-refractivity contribution < 1.29 is 9.53 Å². The number of carbonyl (C=O) groups excluding carboxylic acids is 1. The maximum Gasteiger partial charge on any atom is 0.308 e. The van der Waals surface area contributed by atoms with Crippen LogP contribution in [0.3, 0.4) is 0 Å². The summed E-state index contributed by atoms with van der Waals surface area (Å²) in [6, 6.07) is 0. The van der Waals surface area contributed by atoms with Crippen molar-refractivity contribution in [3.63, 3.8) is 0 Å². The topological polar surface area (TPSA) is 52.3 Å². The van der Waals surface area contributed by atoms with Gasteiger partial charge in [-0.25, -0.2) is 0 Å². The molecule has 12 heavy (non-hydrogen) atoms. The Balaban J connectivity index is 3.69. The molecule has 1 atom stereocenters. The normalized spacial score (nSPS) is 12.6. The smallest absolute Gasteiger partial charge is 0.308 e. The molecular weight excluding hydrogens is 154 g/mol. The summed E-state index contributed by atoms with van der Waals surface area (Å²) in [5, 5.41) is 0. The molecule has 0 saturated carbocycles. The van der Waals surface area contributed by atoms with Crippen molar-refractivity contribution in [2.75, 3.05) is 13.2 Å². The molecule has 0 aromatic rings. The summed E-state index contributed by atoms with van der Waals surface area (Å²) in [6.45, 7) is 4.83. The van der Waals surface area contributed by atoms with E-state index in [2.05, 4.69) is 6.92 Å². The van der Waals surface area contributed by atoms with E-state index in [9.17, 15) is 4.79 Å². The van der Waals surface area contributed by atoms with Gasteiger partial charge in [0.25, 0.3) is 0 Å². The van der Waals surface area contributed by atoms with Crippen LogP contribution in [0, 0.1) is 5.92 Å². The second-order valence-corrected chi connectivity index (χ2v) is 2.85. The lowest BCUT2D eigenvalue weighted by atomic mass is 10.0. The predicted molar refractivity (Wildman–Crippen MR) is 48.7 cm³/mol. The van der Waals surface area contributed by atoms with Crippen LogP contribution >= 0.6 is 0 Å². The van der Waals surface area contributed by atoms with Gasteiger partial charge in [0.1, 0.15) is 6.61 Å². The van der Waals surface area contributed by atoms with Crippen LogP contribution < -0.4 is 5.73 Å². The van der Waals surface area contributed by atoms with E-state index < -0.39 is 0 Å². The second-order valence-electron chi connectivity index (χ2n) is 2.85. The first kappa shape index (κ1) is 11.4. The van der Waals surface area contributed by atoms with E-state index in [4.69, 9.17) is 10.5 Å². The Morgan fingerprint density at radius 1 is 1.50 bits per heavy atom. The van der Waals surface area contributed by atoms with E-state index in [0.717, 1.165) is 19.3 Å². The maximum atomic E-state index is 11.2. The van der Waals surface area contributed by atoms with Crippen LogP contribution in [0.25, 0.3) is 0 Å². The monoisotopic (exact) mass is 173 g/mol. The molecular formula is C9H19NO2. The first-order chi connectivity index (χ1) is 5.76. The molecule has 0 aliphatic heterocycles. The minimum absolute atomic E-state index is 0.0709. The average Bonchev–Trinajstić information content (AvgIpc) is 2.10. The molecule has 0 heterocycles. The Kier molecular flexibility index (Phi) is 6.76. The van der Waals surface area contributed by atoms with Gasteiger partial charge in [-0.1, -0.05) is 20.3 Å². The van der Waals surface area contributed by atoms with E-state index in [1.807, 2.05) is 6.92 Å². The summed E-state index contributed by atoms with van der Waals surface area (Å²) in [5.41, 5.74) is 5.22. The number of rotatable bonds is 6. The lowest BCUT2D eigenvalue weighted by molar-refractivity contribution is -0.148. The summed E-state index contributed by atoms with van der Waals surface area (Å²) < 4.78 is 4.93. The van der Waals surface area contributed by atoms with Crippen LogP contribution in [0.4, 0.5) is 0 Å². The van der Waals surface area contributed by atoms with Gasteiger partial charge in [-0.3, -0.25) is 4.79 Å². The van der Waals surface area contributed by atoms with Gasteiger partial charge in [0.15, 0.2) is 0 Å². The summed E-state index contributed by atoms with van der Waals surface area (Å²) >= 11 is 0. The third kappa shape index (κ3) is 4.34. The third-order valence-corrected chi connectivity index (χ3v) is 1.83. The minimum Gasteiger partial charge on any atom is -0.464 e. The minimum atomic E-state index is -0.0928. The standard InChI is InChI=1S/C9H19NO2/c1-3-5-8(4-2)9(11)12-7-6-10/h8H,3-7,10H2,1-2H3. The zero-order chi connectivity index (χ0) is 9.40. The van der Waals surface area contributed by atoms with Crippen LogP contribution in [0.1, 0.15) is 33.1 Å². The highest BCUT2D eigenvalue weighted by atomic mass is 16.5. The molecule has 0 rings (SSSR count). The Morgan fingerprint density at radius 2 is 2.17 bits per heavy atom. The number of esters is 1. The number of nitrogens with two attached hydrogens (primary N) is 1. The van der Waals surface area contributed by atoms with Gasteiger partial charge in [-0.05, 0) is 12.8 Å². The molecule has 2 N–H and O–H groups in total. The van der Waals surface area contributed by atoms with Crippen molar-refractivity contribution in [2.24, 2.45) is 11.7 Å². The van der Waals surface area contributed by atoms with Crippen LogP contribution in [0.5, 0.6) is 0 Å². The fraction of sp³-hybridized carbons (Fsp3) is 0.889. The number of hydrogen-bond acceptors (Lipinski definition) is 3. The van der Waals surface area contributed by atoms with E-state index in [0.29, 0.717) is 13.2 Å². The second kappa shape index (κ2) is 7.10. The molecule has 0 fully saturated rings. The van der Waals surface area contributed by atoms with Gasteiger partial charge in [0.05, 0.1) is 5.92 Å². The average molecular weight is 173 g/mol. The van der Waals surface area contributed by atoms with Crippen LogP contribution in [0.2, 0.25) is 0 Å². The van der Waals surface area contributed by atoms with Gasteiger partial charge >= 0.3 is 5.97 Å². The first-order valence-electron chi connectivity index (χ1n) is 4.62. The van der Waals surface area contributed by atoms with Crippen molar-refractivity contribution in [2.45, 2.75) is 33.1 Å². The Labute approximate surface area is 74.3 Å². The SMILES string of the molecule is CCCC(CC)C(=O)OCCN. The molecule has 0 aliphatic rings. The zero-order valence-electron chi connectivity index (χ0n) is 8.01. The molecule has 3 heteroatoms. The molecule has 72 valence electrons. The van der Waals surface area contributed by atoms with Crippen molar-refractivity contribution >= 4 is 5.97 Å². The molecule has 0 aliphatic carbocycles. The fourth-order valence-electron chi connectivity index (χ4n) is 1.11. The van der Waals surface area contributed by atoms with Gasteiger partial charge in [0, 0.05) is 6.54 Å². The van der Waals surface area contributed by atoms with Gasteiger partial charge in [-0.2, -0.15) is 0 Å². The highest BCUT2D eigenvalue weighted by Crippen LogP contribution is 2.12. The Hall–Kier alpha value is -0.570. The summed E-state index contributed by atoms with van der Waals surface area (Å²) in [6.07, 6.45) is 2.80. The van der Waals surface area contributed by atoms with Crippen molar-refractivity contribution in [1.82, 2.24) is 0 Å². The Bertz CT molecular complexity index is 126. The highest BCUT2D eigenvalue weighted by Gasteiger charge is 2.15. The molecule has 0 aromatic heterocycles. The van der Waals surface area contributed by atoms with Gasteiger partial charge in [0.2, 0.25) is 0 Å². The summed E-state index contributed by atoms with van der Waals surface area (Å²) in [7, 11) is 0. The molecule has 0 radical (unpaired) electrons.